The second kappa shape index (κ2) is 11.7. The first-order chi connectivity index (χ1) is 19.1. The summed E-state index contributed by atoms with van der Waals surface area (Å²) in [6, 6.07) is 3.86. The van der Waals surface area contributed by atoms with Gasteiger partial charge in [0.05, 0.1) is 43.6 Å². The Morgan fingerprint density at radius 2 is 1.81 bits per heavy atom. The lowest BCUT2D eigenvalue weighted by Crippen LogP contribution is -2.47. The third kappa shape index (κ3) is 7.67. The fourth-order valence-electron chi connectivity index (χ4n) is 3.71. The van der Waals surface area contributed by atoms with Gasteiger partial charge in [0.25, 0.3) is 10.0 Å². The van der Waals surface area contributed by atoms with E-state index in [1.807, 2.05) is 20.8 Å². The van der Waals surface area contributed by atoms with Crippen LogP contribution in [0.4, 0.5) is 27.6 Å². The summed E-state index contributed by atoms with van der Waals surface area (Å²) in [7, 11) is -10.8. The number of amides is 1. The summed E-state index contributed by atoms with van der Waals surface area (Å²) in [5.74, 6) is -2.48. The molecule has 0 saturated heterocycles. The topological polar surface area (TPSA) is 154 Å². The number of ether oxygens (including phenoxy) is 2. The minimum absolute atomic E-state index is 0.0988. The monoisotopic (exact) mass is 646 g/mol. The number of hydrogen-bond acceptors (Lipinski definition) is 9. The number of benzene rings is 1. The Kier molecular flexibility index (Phi) is 9.17. The van der Waals surface area contributed by atoms with E-state index >= 15 is 0 Å². The fourth-order valence-corrected chi connectivity index (χ4v) is 5.86. The van der Waals surface area contributed by atoms with Crippen LogP contribution in [0.2, 0.25) is 0 Å². The van der Waals surface area contributed by atoms with Crippen LogP contribution < -0.4 is 13.8 Å². The molecule has 1 aromatic carbocycles. The van der Waals surface area contributed by atoms with E-state index in [2.05, 4.69) is 5.10 Å². The van der Waals surface area contributed by atoms with E-state index in [0.29, 0.717) is 10.5 Å². The van der Waals surface area contributed by atoms with Gasteiger partial charge in [0.15, 0.2) is 0 Å². The number of rotatable bonds is 9. The van der Waals surface area contributed by atoms with Crippen molar-refractivity contribution in [2.45, 2.75) is 63.6 Å². The van der Waals surface area contributed by atoms with E-state index in [4.69, 9.17) is 9.47 Å². The molecule has 3 rings (SSSR count). The first-order valence-electron chi connectivity index (χ1n) is 12.0. The normalized spacial score (nSPS) is 16.1. The standard InChI is InChI=1S/C23H27F5N4O8S2/c1-13-18(11-31(29-13)21(24)25)41(35,36)32-10-15(9-19(33)30-42(37,38)23(26,27)28)40-17-6-5-14(7-16(17)32)8-20(34)39-12-22(2,3)4/h5-7,11,15,21H,8-10,12H2,1-4H3,(H,30,33)/t15-/m0/s1. The van der Waals surface area contributed by atoms with Crippen molar-refractivity contribution in [2.75, 3.05) is 17.5 Å². The average Bonchev–Trinajstić information content (AvgIpc) is 3.24. The summed E-state index contributed by atoms with van der Waals surface area (Å²) in [4.78, 5) is 23.9. The molecule has 2 aromatic rings. The highest BCUT2D eigenvalue weighted by molar-refractivity contribution is 7.93. The Balaban J connectivity index is 1.98. The lowest BCUT2D eigenvalue weighted by atomic mass is 9.99. The van der Waals surface area contributed by atoms with Crippen molar-refractivity contribution in [1.29, 1.82) is 0 Å². The molecule has 2 heterocycles. The van der Waals surface area contributed by atoms with Crippen molar-refractivity contribution >= 4 is 37.6 Å². The predicted octanol–water partition coefficient (Wildman–Crippen LogP) is 3.03. The Labute approximate surface area is 237 Å². The number of halogens is 5. The zero-order chi connectivity index (χ0) is 31.8. The second-order valence-electron chi connectivity index (χ2n) is 10.5. The van der Waals surface area contributed by atoms with Gasteiger partial charge < -0.3 is 9.47 Å². The molecule has 12 nitrogen and oxygen atoms in total. The lowest BCUT2D eigenvalue weighted by Gasteiger charge is -2.35. The van der Waals surface area contributed by atoms with Crippen LogP contribution in [-0.2, 0) is 40.8 Å². The molecule has 0 spiro atoms. The number of aromatic nitrogens is 2. The quantitative estimate of drug-likeness (QED) is 0.320. The van der Waals surface area contributed by atoms with Gasteiger partial charge in [-0.3, -0.25) is 13.9 Å². The molecule has 0 aliphatic carbocycles. The van der Waals surface area contributed by atoms with Gasteiger partial charge in [0, 0.05) is 0 Å². The number of sulfonamides is 2. The van der Waals surface area contributed by atoms with Crippen molar-refractivity contribution in [2.24, 2.45) is 5.41 Å². The number of alkyl halides is 5. The number of hydrogen-bond donors (Lipinski definition) is 1. The van der Waals surface area contributed by atoms with E-state index in [0.717, 1.165) is 11.6 Å². The van der Waals surface area contributed by atoms with Crippen LogP contribution in [0.5, 0.6) is 5.75 Å². The maximum absolute atomic E-state index is 13.7. The van der Waals surface area contributed by atoms with Crippen LogP contribution in [0.15, 0.2) is 29.3 Å². The Morgan fingerprint density at radius 1 is 1.17 bits per heavy atom. The summed E-state index contributed by atoms with van der Waals surface area (Å²) in [6.07, 6.45) is -2.25. The van der Waals surface area contributed by atoms with Gasteiger partial charge in [-0.1, -0.05) is 26.8 Å². The highest BCUT2D eigenvalue weighted by Gasteiger charge is 2.47. The number of anilines is 1. The molecular formula is C23H27F5N4O8S2. The van der Waals surface area contributed by atoms with E-state index < -0.39 is 67.9 Å². The molecule has 1 aliphatic heterocycles. The number of aryl methyl sites for hydroxylation is 1. The maximum atomic E-state index is 13.7. The SMILES string of the molecule is Cc1nn(C(F)F)cc1S(=O)(=O)N1C[C@H](CC(=O)NS(=O)(=O)C(F)(F)F)Oc2ccc(CC(=O)OCC(C)(C)C)cc21. The average molecular weight is 647 g/mol. The van der Waals surface area contributed by atoms with Crippen molar-refractivity contribution in [1.82, 2.24) is 14.5 Å². The summed E-state index contributed by atoms with van der Waals surface area (Å²) >= 11 is 0. The molecule has 234 valence electrons. The molecule has 1 atom stereocenters. The second-order valence-corrected chi connectivity index (χ2v) is 14.0. The van der Waals surface area contributed by atoms with Crippen LogP contribution in [0.3, 0.4) is 0 Å². The molecule has 1 N–H and O–H groups in total. The zero-order valence-corrected chi connectivity index (χ0v) is 24.2. The van der Waals surface area contributed by atoms with Gasteiger partial charge in [0.1, 0.15) is 16.7 Å². The number of esters is 1. The zero-order valence-electron chi connectivity index (χ0n) is 22.6. The fraction of sp³-hybridized carbons (Fsp3) is 0.522. The van der Waals surface area contributed by atoms with Crippen LogP contribution in [-0.4, -0.2) is 63.3 Å². The molecule has 0 bridgehead atoms. The highest BCUT2D eigenvalue weighted by Crippen LogP contribution is 2.39. The van der Waals surface area contributed by atoms with Crippen LogP contribution in [0, 0.1) is 12.3 Å². The smallest absolute Gasteiger partial charge is 0.486 e. The maximum Gasteiger partial charge on any atom is 0.516 e. The molecule has 0 fully saturated rings. The molecule has 0 unspecified atom stereocenters. The molecule has 1 aliphatic rings. The van der Waals surface area contributed by atoms with Crippen LogP contribution in [0.25, 0.3) is 0 Å². The molecular weight excluding hydrogens is 619 g/mol. The van der Waals surface area contributed by atoms with E-state index in [1.54, 1.807) is 0 Å². The first-order valence-corrected chi connectivity index (χ1v) is 15.0. The molecule has 0 radical (unpaired) electrons. The van der Waals surface area contributed by atoms with Gasteiger partial charge >= 0.3 is 28.1 Å². The van der Waals surface area contributed by atoms with Gasteiger partial charge in [0.2, 0.25) is 5.91 Å². The van der Waals surface area contributed by atoms with Crippen LogP contribution >= 0.6 is 0 Å². The van der Waals surface area contributed by atoms with E-state index in [9.17, 15) is 48.4 Å². The molecule has 42 heavy (non-hydrogen) atoms. The summed E-state index contributed by atoms with van der Waals surface area (Å²) in [6.45, 7) is 2.85. The number of nitrogens with one attached hydrogen (secondary N) is 1. The number of carbonyl (C=O) groups excluding carboxylic acids is 2. The first kappa shape index (κ1) is 33.0. The Bertz CT molecular complexity index is 1570. The van der Waals surface area contributed by atoms with Crippen molar-refractivity contribution < 1.29 is 57.9 Å². The third-order valence-electron chi connectivity index (χ3n) is 5.58. The third-order valence-corrected chi connectivity index (χ3v) is 8.56. The largest absolute Gasteiger partial charge is 0.516 e. The Hall–Kier alpha value is -3.48. The summed E-state index contributed by atoms with van der Waals surface area (Å²) in [5.41, 5.74) is -6.34. The van der Waals surface area contributed by atoms with E-state index in [-0.39, 0.29) is 45.8 Å². The minimum Gasteiger partial charge on any atom is -0.486 e. The van der Waals surface area contributed by atoms with Crippen molar-refractivity contribution in [3.8, 4) is 5.75 Å². The molecule has 0 saturated carbocycles. The molecule has 1 amide bonds. The number of fused-ring (bicyclic) bond motifs is 1. The number of carbonyl (C=O) groups is 2. The van der Waals surface area contributed by atoms with Gasteiger partial charge in [-0.25, -0.2) is 17.8 Å². The molecule has 19 heteroatoms. The van der Waals surface area contributed by atoms with Crippen molar-refractivity contribution in [3.63, 3.8) is 0 Å². The summed E-state index contributed by atoms with van der Waals surface area (Å²) in [5, 5.41) is 3.49. The van der Waals surface area contributed by atoms with Crippen molar-refractivity contribution in [3.05, 3.63) is 35.7 Å². The number of nitrogens with zero attached hydrogens (tertiary/aromatic N) is 3. The highest BCUT2D eigenvalue weighted by atomic mass is 32.2. The lowest BCUT2D eigenvalue weighted by molar-refractivity contribution is -0.145. The van der Waals surface area contributed by atoms with Gasteiger partial charge in [-0.05, 0) is 30.0 Å². The van der Waals surface area contributed by atoms with E-state index in [1.165, 1.54) is 18.2 Å². The van der Waals surface area contributed by atoms with Gasteiger partial charge in [-0.2, -0.15) is 35.5 Å². The van der Waals surface area contributed by atoms with Gasteiger partial charge in [-0.15, -0.1) is 0 Å². The molecule has 1 aromatic heterocycles. The summed E-state index contributed by atoms with van der Waals surface area (Å²) < 4.78 is 127. The predicted molar refractivity (Wildman–Crippen MR) is 135 cm³/mol. The van der Waals surface area contributed by atoms with Crippen LogP contribution in [0.1, 0.15) is 45.0 Å². The Morgan fingerprint density at radius 3 is 2.36 bits per heavy atom. The minimum atomic E-state index is -6.05.